The summed E-state index contributed by atoms with van der Waals surface area (Å²) in [6.07, 6.45) is 2.57. The van der Waals surface area contributed by atoms with Gasteiger partial charge in [-0.3, -0.25) is 9.69 Å². The van der Waals surface area contributed by atoms with Crippen molar-refractivity contribution in [3.05, 3.63) is 35.9 Å². The van der Waals surface area contributed by atoms with Gasteiger partial charge in [0.15, 0.2) is 0 Å². The number of likely N-dealkylation sites (N-methyl/N-ethyl adjacent to an activating group) is 1. The second-order valence-corrected chi connectivity index (χ2v) is 7.35. The first kappa shape index (κ1) is 14.9. The highest BCUT2D eigenvalue weighted by Crippen LogP contribution is 2.31. The van der Waals surface area contributed by atoms with E-state index in [1.165, 1.54) is 12.8 Å². The summed E-state index contributed by atoms with van der Waals surface area (Å²) in [5.41, 5.74) is 1.14. The van der Waals surface area contributed by atoms with Crippen LogP contribution in [0.4, 0.5) is 0 Å². The Balaban J connectivity index is 1.78. The third-order valence-electron chi connectivity index (χ3n) is 4.37. The molecule has 4 heteroatoms. The number of hydrogen-bond donors (Lipinski definition) is 0. The predicted molar refractivity (Wildman–Crippen MR) is 88.4 cm³/mol. The lowest BCUT2D eigenvalue weighted by Crippen LogP contribution is -2.45. The lowest BCUT2D eigenvalue weighted by molar-refractivity contribution is -0.136. The van der Waals surface area contributed by atoms with E-state index in [9.17, 15) is 4.79 Å². The molecule has 3 nitrogen and oxygen atoms in total. The van der Waals surface area contributed by atoms with E-state index in [0.29, 0.717) is 0 Å². The molecule has 0 bridgehead atoms. The van der Waals surface area contributed by atoms with Gasteiger partial charge in [0.1, 0.15) is 6.04 Å². The summed E-state index contributed by atoms with van der Waals surface area (Å²) in [7, 11) is 1.97. The predicted octanol–water partition coefficient (Wildman–Crippen LogP) is 2.64. The summed E-state index contributed by atoms with van der Waals surface area (Å²) in [6.45, 7) is 2.94. The van der Waals surface area contributed by atoms with Crippen molar-refractivity contribution in [1.82, 2.24) is 9.80 Å². The molecule has 1 unspecified atom stereocenters. The summed E-state index contributed by atoms with van der Waals surface area (Å²) >= 11 is 1.99. The molecule has 21 heavy (non-hydrogen) atoms. The molecule has 1 amide bonds. The van der Waals surface area contributed by atoms with E-state index >= 15 is 0 Å². The minimum atomic E-state index is -0.101. The highest BCUT2D eigenvalue weighted by Gasteiger charge is 2.33. The van der Waals surface area contributed by atoms with E-state index in [1.54, 1.807) is 0 Å². The molecule has 1 heterocycles. The van der Waals surface area contributed by atoms with Crippen LogP contribution in [0.1, 0.15) is 24.4 Å². The van der Waals surface area contributed by atoms with Crippen LogP contribution in [-0.2, 0) is 4.79 Å². The SMILES string of the molecule is CN(CC1CC1)C(=O)C(c1ccccc1)N1CCSCC1. The normalized spacial score (nSPS) is 21.0. The van der Waals surface area contributed by atoms with E-state index in [1.807, 2.05) is 41.9 Å². The zero-order chi connectivity index (χ0) is 14.7. The molecule has 0 aromatic heterocycles. The van der Waals surface area contributed by atoms with Gasteiger partial charge in [0.2, 0.25) is 5.91 Å². The van der Waals surface area contributed by atoms with Crippen molar-refractivity contribution in [2.75, 3.05) is 38.2 Å². The third kappa shape index (κ3) is 3.80. The standard InChI is InChI=1S/C17H24N2OS/c1-18(13-14-7-8-14)17(20)16(15-5-3-2-4-6-15)19-9-11-21-12-10-19/h2-6,14,16H,7-13H2,1H3. The first-order valence-corrected chi connectivity index (χ1v) is 9.03. The van der Waals surface area contributed by atoms with Crippen molar-refractivity contribution in [1.29, 1.82) is 0 Å². The fourth-order valence-electron chi connectivity index (χ4n) is 2.97. The zero-order valence-corrected chi connectivity index (χ0v) is 13.5. The molecular formula is C17H24N2OS. The fraction of sp³-hybridized carbons (Fsp3) is 0.588. The van der Waals surface area contributed by atoms with E-state index in [-0.39, 0.29) is 11.9 Å². The van der Waals surface area contributed by atoms with E-state index in [0.717, 1.165) is 42.6 Å². The Hall–Kier alpha value is -1.00. The maximum absolute atomic E-state index is 13.0. The first-order valence-electron chi connectivity index (χ1n) is 7.87. The maximum Gasteiger partial charge on any atom is 0.244 e. The van der Waals surface area contributed by atoms with Gasteiger partial charge in [-0.2, -0.15) is 11.8 Å². The average Bonchev–Trinajstić information content (AvgIpc) is 3.33. The molecule has 1 atom stereocenters. The van der Waals surface area contributed by atoms with Gasteiger partial charge in [0.25, 0.3) is 0 Å². The van der Waals surface area contributed by atoms with Gasteiger partial charge in [-0.15, -0.1) is 0 Å². The van der Waals surface area contributed by atoms with E-state index < -0.39 is 0 Å². The second-order valence-electron chi connectivity index (χ2n) is 6.12. The molecule has 1 saturated heterocycles. The van der Waals surface area contributed by atoms with Crippen LogP contribution in [0.25, 0.3) is 0 Å². The molecule has 0 N–H and O–H groups in total. The number of nitrogens with zero attached hydrogens (tertiary/aromatic N) is 2. The average molecular weight is 304 g/mol. The quantitative estimate of drug-likeness (QED) is 0.835. The lowest BCUT2D eigenvalue weighted by atomic mass is 10.0. The molecule has 1 aromatic carbocycles. The van der Waals surface area contributed by atoms with Gasteiger partial charge in [0, 0.05) is 38.2 Å². The molecule has 2 fully saturated rings. The number of thioether (sulfide) groups is 1. The summed E-state index contributed by atoms with van der Waals surface area (Å²) in [5, 5.41) is 0. The smallest absolute Gasteiger partial charge is 0.244 e. The van der Waals surface area contributed by atoms with Gasteiger partial charge in [-0.25, -0.2) is 0 Å². The van der Waals surface area contributed by atoms with E-state index in [2.05, 4.69) is 17.0 Å². The Morgan fingerprint density at radius 1 is 1.29 bits per heavy atom. The topological polar surface area (TPSA) is 23.6 Å². The van der Waals surface area contributed by atoms with Gasteiger partial charge in [-0.1, -0.05) is 30.3 Å². The van der Waals surface area contributed by atoms with Gasteiger partial charge >= 0.3 is 0 Å². The largest absolute Gasteiger partial charge is 0.344 e. The molecule has 1 aromatic rings. The molecule has 2 aliphatic rings. The van der Waals surface area contributed by atoms with Crippen LogP contribution in [0.3, 0.4) is 0 Å². The van der Waals surface area contributed by atoms with Crippen LogP contribution in [0.2, 0.25) is 0 Å². The van der Waals surface area contributed by atoms with Crippen LogP contribution in [0, 0.1) is 5.92 Å². The number of rotatable bonds is 5. The highest BCUT2D eigenvalue weighted by molar-refractivity contribution is 7.99. The molecule has 0 radical (unpaired) electrons. The molecule has 1 saturated carbocycles. The van der Waals surface area contributed by atoms with Crippen LogP contribution < -0.4 is 0 Å². The van der Waals surface area contributed by atoms with E-state index in [4.69, 9.17) is 0 Å². The van der Waals surface area contributed by atoms with Gasteiger partial charge in [-0.05, 0) is 24.3 Å². The number of hydrogen-bond acceptors (Lipinski definition) is 3. The summed E-state index contributed by atoms with van der Waals surface area (Å²) in [6, 6.07) is 10.2. The van der Waals surface area contributed by atoms with Crippen molar-refractivity contribution in [2.24, 2.45) is 5.92 Å². The van der Waals surface area contributed by atoms with Crippen LogP contribution >= 0.6 is 11.8 Å². The first-order chi connectivity index (χ1) is 10.3. The number of amides is 1. The molecule has 114 valence electrons. The Labute approximate surface area is 131 Å². The number of carbonyl (C=O) groups excluding carboxylic acids is 1. The van der Waals surface area contributed by atoms with Crippen molar-refractivity contribution in [3.63, 3.8) is 0 Å². The zero-order valence-electron chi connectivity index (χ0n) is 12.7. The minimum absolute atomic E-state index is 0.101. The van der Waals surface area contributed by atoms with Crippen LogP contribution in [0.15, 0.2) is 30.3 Å². The second kappa shape index (κ2) is 6.84. The Morgan fingerprint density at radius 3 is 2.57 bits per heavy atom. The maximum atomic E-state index is 13.0. The lowest BCUT2D eigenvalue weighted by Gasteiger charge is -2.35. The summed E-state index contributed by atoms with van der Waals surface area (Å²) < 4.78 is 0. The molecular weight excluding hydrogens is 280 g/mol. The molecule has 0 spiro atoms. The number of carbonyl (C=O) groups is 1. The fourth-order valence-corrected chi connectivity index (χ4v) is 3.90. The Morgan fingerprint density at radius 2 is 1.95 bits per heavy atom. The van der Waals surface area contributed by atoms with Gasteiger partial charge in [0.05, 0.1) is 0 Å². The Bertz CT molecular complexity index is 469. The molecule has 1 aliphatic heterocycles. The minimum Gasteiger partial charge on any atom is -0.344 e. The van der Waals surface area contributed by atoms with Crippen molar-refractivity contribution >= 4 is 17.7 Å². The third-order valence-corrected chi connectivity index (χ3v) is 5.31. The van der Waals surface area contributed by atoms with Crippen molar-refractivity contribution in [3.8, 4) is 0 Å². The summed E-state index contributed by atoms with van der Waals surface area (Å²) in [5.74, 6) is 3.26. The molecule has 1 aliphatic carbocycles. The van der Waals surface area contributed by atoms with Gasteiger partial charge < -0.3 is 4.90 Å². The van der Waals surface area contributed by atoms with Crippen LogP contribution in [-0.4, -0.2) is 53.9 Å². The van der Waals surface area contributed by atoms with Crippen LogP contribution in [0.5, 0.6) is 0 Å². The van der Waals surface area contributed by atoms with Crippen molar-refractivity contribution < 1.29 is 4.79 Å². The summed E-state index contributed by atoms with van der Waals surface area (Å²) in [4.78, 5) is 17.3. The van der Waals surface area contributed by atoms with Crippen molar-refractivity contribution in [2.45, 2.75) is 18.9 Å². The highest BCUT2D eigenvalue weighted by atomic mass is 32.2. The number of benzene rings is 1. The Kier molecular flexibility index (Phi) is 4.86. The molecule has 3 rings (SSSR count). The monoisotopic (exact) mass is 304 g/mol.